The van der Waals surface area contributed by atoms with E-state index in [0.717, 1.165) is 0 Å². The van der Waals surface area contributed by atoms with Gasteiger partial charge in [-0.3, -0.25) is 10.1 Å². The second kappa shape index (κ2) is 9.80. The molecule has 33 heavy (non-hydrogen) atoms. The lowest BCUT2D eigenvalue weighted by Crippen LogP contribution is -2.50. The van der Waals surface area contributed by atoms with Crippen LogP contribution in [0.4, 0.5) is 5.69 Å². The van der Waals surface area contributed by atoms with Crippen molar-refractivity contribution in [1.29, 1.82) is 0 Å². The molecule has 0 heterocycles. The van der Waals surface area contributed by atoms with Crippen LogP contribution in [-0.2, 0) is 31.7 Å². The molecule has 1 atom stereocenters. The van der Waals surface area contributed by atoms with Crippen LogP contribution in [0, 0.1) is 10.1 Å². The van der Waals surface area contributed by atoms with Gasteiger partial charge in [-0.25, -0.2) is 13.2 Å². The van der Waals surface area contributed by atoms with Crippen LogP contribution in [0.25, 0.3) is 0 Å². The number of hydrogen-bond acceptors (Lipinski definition) is 7. The second-order valence-corrected chi connectivity index (χ2v) is 8.96. The van der Waals surface area contributed by atoms with Gasteiger partial charge in [0.2, 0.25) is 10.0 Å². The van der Waals surface area contributed by atoms with E-state index in [4.69, 9.17) is 9.47 Å². The van der Waals surface area contributed by atoms with Crippen molar-refractivity contribution in [2.75, 3.05) is 7.11 Å². The summed E-state index contributed by atoms with van der Waals surface area (Å²) in [6.07, 6.45) is 0. The Morgan fingerprint density at radius 1 is 1.03 bits per heavy atom. The van der Waals surface area contributed by atoms with Gasteiger partial charge < -0.3 is 9.47 Å². The van der Waals surface area contributed by atoms with Gasteiger partial charge in [0.15, 0.2) is 5.54 Å². The van der Waals surface area contributed by atoms with Gasteiger partial charge in [0.05, 0.1) is 16.9 Å². The minimum absolute atomic E-state index is 0.00166. The summed E-state index contributed by atoms with van der Waals surface area (Å²) in [4.78, 5) is 23.1. The summed E-state index contributed by atoms with van der Waals surface area (Å²) in [6, 6.07) is 20.0. The highest BCUT2D eigenvalue weighted by Gasteiger charge is 2.41. The van der Waals surface area contributed by atoms with Crippen molar-refractivity contribution in [1.82, 2.24) is 4.72 Å². The zero-order valence-electron chi connectivity index (χ0n) is 17.9. The maximum absolute atomic E-state index is 12.9. The molecule has 3 aromatic rings. The molecular weight excluding hydrogens is 448 g/mol. The molecule has 0 amide bonds. The number of nitro benzene ring substituents is 1. The molecule has 0 aliphatic heterocycles. The van der Waals surface area contributed by atoms with Crippen molar-refractivity contribution in [2.45, 2.75) is 24.0 Å². The maximum atomic E-state index is 12.9. The lowest BCUT2D eigenvalue weighted by atomic mass is 9.93. The number of methoxy groups -OCH3 is 1. The molecule has 0 radical (unpaired) electrons. The molecule has 1 N–H and O–H groups in total. The predicted octanol–water partition coefficient (Wildman–Crippen LogP) is 3.54. The highest BCUT2D eigenvalue weighted by atomic mass is 32.2. The number of benzene rings is 3. The quantitative estimate of drug-likeness (QED) is 0.288. The molecule has 1 unspecified atom stereocenters. The summed E-state index contributed by atoms with van der Waals surface area (Å²) in [5.74, 6) is -0.467. The Bertz CT molecular complexity index is 1260. The van der Waals surface area contributed by atoms with E-state index in [1.165, 1.54) is 44.4 Å². The third-order valence-electron chi connectivity index (χ3n) is 4.92. The number of non-ortho nitro benzene ring substituents is 1. The fourth-order valence-corrected chi connectivity index (χ4v) is 4.55. The van der Waals surface area contributed by atoms with Crippen LogP contribution in [-0.4, -0.2) is 26.4 Å². The Morgan fingerprint density at radius 2 is 1.73 bits per heavy atom. The lowest BCUT2D eigenvalue weighted by Gasteiger charge is -2.28. The van der Waals surface area contributed by atoms with Crippen LogP contribution < -0.4 is 9.46 Å². The molecule has 3 rings (SSSR count). The predicted molar refractivity (Wildman–Crippen MR) is 120 cm³/mol. The Labute approximate surface area is 191 Å². The molecule has 0 saturated carbocycles. The molecule has 0 aliphatic rings. The summed E-state index contributed by atoms with van der Waals surface area (Å²) >= 11 is 0. The summed E-state index contributed by atoms with van der Waals surface area (Å²) in [7, 11) is -2.89. The van der Waals surface area contributed by atoms with Crippen LogP contribution in [0.15, 0.2) is 83.8 Å². The van der Waals surface area contributed by atoms with E-state index in [2.05, 4.69) is 4.72 Å². The van der Waals surface area contributed by atoms with Crippen LogP contribution in [0.1, 0.15) is 18.1 Å². The topological polar surface area (TPSA) is 125 Å². The van der Waals surface area contributed by atoms with Gasteiger partial charge in [0.25, 0.3) is 5.69 Å². The highest BCUT2D eigenvalue weighted by molar-refractivity contribution is 7.89. The summed E-state index contributed by atoms with van der Waals surface area (Å²) in [5, 5.41) is 11.0. The first-order valence-electron chi connectivity index (χ1n) is 9.80. The molecule has 9 nitrogen and oxygen atoms in total. The first-order valence-corrected chi connectivity index (χ1v) is 11.3. The van der Waals surface area contributed by atoms with E-state index in [9.17, 15) is 23.3 Å². The monoisotopic (exact) mass is 470 g/mol. The zero-order chi connectivity index (χ0) is 24.1. The van der Waals surface area contributed by atoms with Crippen molar-refractivity contribution in [3.05, 3.63) is 100 Å². The van der Waals surface area contributed by atoms with E-state index < -0.39 is 26.5 Å². The average Bonchev–Trinajstić information content (AvgIpc) is 2.82. The summed E-state index contributed by atoms with van der Waals surface area (Å²) < 4.78 is 38.9. The molecule has 0 spiro atoms. The zero-order valence-corrected chi connectivity index (χ0v) is 18.7. The van der Waals surface area contributed by atoms with E-state index in [-0.39, 0.29) is 17.2 Å². The number of nitrogens with zero attached hydrogens (tertiary/aromatic N) is 1. The summed E-state index contributed by atoms with van der Waals surface area (Å²) in [5.41, 5.74) is -0.923. The Balaban J connectivity index is 1.88. The Kier molecular flexibility index (Phi) is 7.10. The van der Waals surface area contributed by atoms with Crippen LogP contribution >= 0.6 is 0 Å². The smallest absolute Gasteiger partial charge is 0.331 e. The molecule has 0 aromatic heterocycles. The van der Waals surface area contributed by atoms with E-state index >= 15 is 0 Å². The number of carbonyl (C=O) groups excluding carboxylic acids is 1. The number of sulfonamides is 1. The first-order chi connectivity index (χ1) is 15.7. The SMILES string of the molecule is COC(=O)C(C)(NS(=O)(=O)c1ccccc1)c1cccc(OCc2cccc([N+](=O)[O-])c2)c1. The number of carbonyl (C=O) groups is 1. The highest BCUT2D eigenvalue weighted by Crippen LogP contribution is 2.29. The van der Waals surface area contributed by atoms with Gasteiger partial charge in [0, 0.05) is 12.1 Å². The lowest BCUT2D eigenvalue weighted by molar-refractivity contribution is -0.384. The van der Waals surface area contributed by atoms with Gasteiger partial charge in [-0.1, -0.05) is 42.5 Å². The number of hydrogen-bond donors (Lipinski definition) is 1. The number of esters is 1. The largest absolute Gasteiger partial charge is 0.489 e. The Hall–Kier alpha value is -3.76. The van der Waals surface area contributed by atoms with Crippen molar-refractivity contribution in [3.63, 3.8) is 0 Å². The van der Waals surface area contributed by atoms with Gasteiger partial charge >= 0.3 is 5.97 Å². The van der Waals surface area contributed by atoms with Crippen LogP contribution in [0.3, 0.4) is 0 Å². The summed E-state index contributed by atoms with van der Waals surface area (Å²) in [6.45, 7) is 1.44. The van der Waals surface area contributed by atoms with Gasteiger partial charge in [-0.15, -0.1) is 0 Å². The normalized spacial score (nSPS) is 13.0. The van der Waals surface area contributed by atoms with Crippen LogP contribution in [0.2, 0.25) is 0 Å². The van der Waals surface area contributed by atoms with Crippen molar-refractivity contribution in [2.24, 2.45) is 0 Å². The van der Waals surface area contributed by atoms with Crippen LogP contribution in [0.5, 0.6) is 5.75 Å². The molecule has 0 fully saturated rings. The third kappa shape index (κ3) is 5.54. The van der Waals surface area contributed by atoms with Crippen molar-refractivity contribution >= 4 is 21.7 Å². The average molecular weight is 471 g/mol. The molecular formula is C23H22N2O7S. The standard InChI is InChI=1S/C23H22N2O7S/c1-23(22(26)31-2,24-33(29,30)21-12-4-3-5-13-21)18-9-7-11-20(15-18)32-16-17-8-6-10-19(14-17)25(27)28/h3-15,24H,16H2,1-2H3. The van der Waals surface area contributed by atoms with Crippen molar-refractivity contribution in [3.8, 4) is 5.75 Å². The van der Waals surface area contributed by atoms with Gasteiger partial charge in [-0.05, 0) is 42.3 Å². The fraction of sp³-hybridized carbons (Fsp3) is 0.174. The molecule has 10 heteroatoms. The molecule has 0 saturated heterocycles. The van der Waals surface area contributed by atoms with E-state index in [1.54, 1.807) is 48.5 Å². The number of rotatable bonds is 9. The molecule has 3 aromatic carbocycles. The minimum atomic E-state index is -4.06. The minimum Gasteiger partial charge on any atom is -0.489 e. The van der Waals surface area contributed by atoms with Gasteiger partial charge in [-0.2, -0.15) is 4.72 Å². The number of nitrogens with one attached hydrogen (secondary N) is 1. The second-order valence-electron chi connectivity index (χ2n) is 7.28. The molecule has 172 valence electrons. The van der Waals surface area contributed by atoms with Crippen molar-refractivity contribution < 1.29 is 27.6 Å². The third-order valence-corrected chi connectivity index (χ3v) is 6.49. The maximum Gasteiger partial charge on any atom is 0.331 e. The van der Waals surface area contributed by atoms with E-state index in [1.807, 2.05) is 0 Å². The number of nitro groups is 1. The van der Waals surface area contributed by atoms with E-state index in [0.29, 0.717) is 16.9 Å². The fourth-order valence-electron chi connectivity index (χ4n) is 3.17. The molecule has 0 bridgehead atoms. The van der Waals surface area contributed by atoms with Gasteiger partial charge in [0.1, 0.15) is 12.4 Å². The number of ether oxygens (including phenoxy) is 2. The first kappa shape index (κ1) is 23.9. The molecule has 0 aliphatic carbocycles. The Morgan fingerprint density at radius 3 is 2.39 bits per heavy atom.